The number of ether oxygens (including phenoxy) is 1. The van der Waals surface area contributed by atoms with Crippen molar-refractivity contribution >= 4 is 23.2 Å². The summed E-state index contributed by atoms with van der Waals surface area (Å²) in [6.07, 6.45) is 7.11. The highest BCUT2D eigenvalue weighted by molar-refractivity contribution is 7.10. The van der Waals surface area contributed by atoms with E-state index in [-0.39, 0.29) is 24.4 Å². The smallest absolute Gasteiger partial charge is 0.310 e. The molecule has 5 aliphatic rings. The number of carbonyl (C=O) groups excluding carboxylic acids is 2. The average Bonchev–Trinajstić information content (AvgIpc) is 3.06. The Hall–Kier alpha value is -1.36. The van der Waals surface area contributed by atoms with Gasteiger partial charge in [0.15, 0.2) is 6.61 Å². The van der Waals surface area contributed by atoms with Crippen molar-refractivity contribution in [2.24, 2.45) is 29.6 Å². The first-order valence-electron chi connectivity index (χ1n) is 9.67. The molecule has 4 saturated carbocycles. The molecule has 134 valence electrons. The zero-order valence-corrected chi connectivity index (χ0v) is 15.3. The number of thiophene rings is 1. The minimum atomic E-state index is -0.101. The van der Waals surface area contributed by atoms with Gasteiger partial charge in [0.05, 0.1) is 5.92 Å². The normalized spacial score (nSPS) is 35.5. The molecule has 1 aliphatic heterocycles. The van der Waals surface area contributed by atoms with Crippen LogP contribution in [0.4, 0.5) is 0 Å². The van der Waals surface area contributed by atoms with E-state index >= 15 is 0 Å². The van der Waals surface area contributed by atoms with Crippen LogP contribution in [0.3, 0.4) is 0 Å². The Morgan fingerprint density at radius 2 is 1.84 bits per heavy atom. The summed E-state index contributed by atoms with van der Waals surface area (Å²) in [5.74, 6) is 2.64. The van der Waals surface area contributed by atoms with Crippen LogP contribution < -0.4 is 0 Å². The van der Waals surface area contributed by atoms with E-state index in [4.69, 9.17) is 4.74 Å². The molecule has 0 saturated heterocycles. The third-order valence-electron chi connectivity index (χ3n) is 7.00. The standard InChI is InChI=1S/C20H25NO3S/c22-18(21-3-1-17-14(10-21)2-4-25-17)11-24-20(23)19-15-6-12-5-13(8-15)9-16(19)7-12/h2,4,12-13,15-16,19H,1,3,5-11H2. The van der Waals surface area contributed by atoms with Gasteiger partial charge < -0.3 is 9.64 Å². The highest BCUT2D eigenvalue weighted by atomic mass is 32.1. The SMILES string of the molecule is O=C(OCC(=O)N1CCc2sccc2C1)C1C2CC3CC(C2)CC1C3. The summed E-state index contributed by atoms with van der Waals surface area (Å²) in [6, 6.07) is 2.10. The molecule has 0 atom stereocenters. The van der Waals surface area contributed by atoms with Gasteiger partial charge in [-0.3, -0.25) is 9.59 Å². The van der Waals surface area contributed by atoms with Crippen molar-refractivity contribution in [3.8, 4) is 0 Å². The topological polar surface area (TPSA) is 46.6 Å². The third kappa shape index (κ3) is 2.80. The van der Waals surface area contributed by atoms with Gasteiger partial charge in [-0.05, 0) is 79.2 Å². The molecular weight excluding hydrogens is 334 g/mol. The maximum absolute atomic E-state index is 12.7. The molecule has 0 N–H and O–H groups in total. The van der Waals surface area contributed by atoms with Crippen LogP contribution in [-0.4, -0.2) is 29.9 Å². The number of nitrogens with zero attached hydrogens (tertiary/aromatic N) is 1. The minimum Gasteiger partial charge on any atom is -0.455 e. The molecule has 5 heteroatoms. The first-order chi connectivity index (χ1) is 12.2. The zero-order valence-electron chi connectivity index (χ0n) is 14.5. The molecule has 0 unspecified atom stereocenters. The molecule has 0 aromatic carbocycles. The van der Waals surface area contributed by atoms with Gasteiger partial charge in [-0.2, -0.15) is 0 Å². The number of carbonyl (C=O) groups is 2. The van der Waals surface area contributed by atoms with E-state index in [0.29, 0.717) is 18.4 Å². The fourth-order valence-corrected chi connectivity index (χ4v) is 6.98. The molecule has 1 aromatic heterocycles. The number of amides is 1. The molecule has 1 amide bonds. The van der Waals surface area contributed by atoms with Gasteiger partial charge in [-0.25, -0.2) is 0 Å². The molecule has 0 radical (unpaired) electrons. The average molecular weight is 359 g/mol. The van der Waals surface area contributed by atoms with Gasteiger partial charge in [0, 0.05) is 18.0 Å². The zero-order chi connectivity index (χ0) is 17.0. The quantitative estimate of drug-likeness (QED) is 0.779. The van der Waals surface area contributed by atoms with Crippen molar-refractivity contribution < 1.29 is 14.3 Å². The summed E-state index contributed by atoms with van der Waals surface area (Å²) in [5, 5.41) is 2.09. The summed E-state index contributed by atoms with van der Waals surface area (Å²) >= 11 is 1.77. The van der Waals surface area contributed by atoms with E-state index in [1.54, 1.807) is 11.3 Å². The highest BCUT2D eigenvalue weighted by Gasteiger charge is 2.51. The molecular formula is C20H25NO3S. The van der Waals surface area contributed by atoms with Gasteiger partial charge >= 0.3 is 5.97 Å². The lowest BCUT2D eigenvalue weighted by Crippen LogP contribution is -2.49. The first kappa shape index (κ1) is 15.9. The lowest BCUT2D eigenvalue weighted by molar-refractivity contribution is -0.166. The van der Waals surface area contributed by atoms with Crippen molar-refractivity contribution in [1.29, 1.82) is 0 Å². The molecule has 6 rings (SSSR count). The summed E-state index contributed by atoms with van der Waals surface area (Å²) in [5.41, 5.74) is 1.25. The number of rotatable bonds is 3. The maximum Gasteiger partial charge on any atom is 0.310 e. The molecule has 4 bridgehead atoms. The largest absolute Gasteiger partial charge is 0.455 e. The van der Waals surface area contributed by atoms with Crippen LogP contribution in [0.2, 0.25) is 0 Å². The summed E-state index contributed by atoms with van der Waals surface area (Å²) in [4.78, 5) is 28.4. The molecule has 4 aliphatic carbocycles. The van der Waals surface area contributed by atoms with Gasteiger partial charge in [0.1, 0.15) is 0 Å². The minimum absolute atomic E-state index is 0.0472. The van der Waals surface area contributed by atoms with Crippen LogP contribution >= 0.6 is 11.3 Å². The van der Waals surface area contributed by atoms with Gasteiger partial charge in [0.2, 0.25) is 0 Å². The van der Waals surface area contributed by atoms with Crippen LogP contribution in [0, 0.1) is 29.6 Å². The fraction of sp³-hybridized carbons (Fsp3) is 0.700. The van der Waals surface area contributed by atoms with E-state index in [0.717, 1.165) is 24.8 Å². The van der Waals surface area contributed by atoms with E-state index < -0.39 is 0 Å². The number of hydrogen-bond donors (Lipinski definition) is 0. The van der Waals surface area contributed by atoms with Gasteiger partial charge in [0.25, 0.3) is 5.91 Å². The van der Waals surface area contributed by atoms with Crippen molar-refractivity contribution in [2.45, 2.75) is 45.1 Å². The lowest BCUT2D eigenvalue weighted by Gasteiger charge is -2.53. The molecule has 1 aromatic rings. The summed E-state index contributed by atoms with van der Waals surface area (Å²) in [6.45, 7) is 1.32. The Labute approximate surface area is 152 Å². The Morgan fingerprint density at radius 1 is 1.12 bits per heavy atom. The van der Waals surface area contributed by atoms with Gasteiger partial charge in [-0.15, -0.1) is 11.3 Å². The van der Waals surface area contributed by atoms with E-state index in [1.165, 1.54) is 42.5 Å². The Morgan fingerprint density at radius 3 is 2.56 bits per heavy atom. The van der Waals surface area contributed by atoms with Crippen molar-refractivity contribution in [3.05, 3.63) is 21.9 Å². The fourth-order valence-electron chi connectivity index (χ4n) is 6.09. The Kier molecular flexibility index (Phi) is 3.88. The molecule has 4 nitrogen and oxygen atoms in total. The van der Waals surface area contributed by atoms with Crippen LogP contribution in [0.1, 0.15) is 42.5 Å². The Balaban J connectivity index is 1.18. The summed E-state index contributed by atoms with van der Waals surface area (Å²) in [7, 11) is 0. The number of esters is 1. The van der Waals surface area contributed by atoms with Gasteiger partial charge in [-0.1, -0.05) is 0 Å². The predicted octanol–water partition coefficient (Wildman–Crippen LogP) is 3.25. The molecule has 25 heavy (non-hydrogen) atoms. The second kappa shape index (κ2) is 6.11. The third-order valence-corrected chi connectivity index (χ3v) is 8.02. The van der Waals surface area contributed by atoms with E-state index in [9.17, 15) is 9.59 Å². The molecule has 4 fully saturated rings. The summed E-state index contributed by atoms with van der Waals surface area (Å²) < 4.78 is 5.52. The maximum atomic E-state index is 12.7. The molecule has 2 heterocycles. The van der Waals surface area contributed by atoms with Crippen molar-refractivity contribution in [1.82, 2.24) is 4.90 Å². The van der Waals surface area contributed by atoms with Crippen molar-refractivity contribution in [3.63, 3.8) is 0 Å². The second-order valence-corrected chi connectivity index (χ2v) is 9.50. The number of hydrogen-bond acceptors (Lipinski definition) is 4. The van der Waals surface area contributed by atoms with E-state index in [2.05, 4.69) is 11.4 Å². The first-order valence-corrected chi connectivity index (χ1v) is 10.5. The van der Waals surface area contributed by atoms with Crippen LogP contribution in [0.15, 0.2) is 11.4 Å². The monoisotopic (exact) mass is 359 g/mol. The van der Waals surface area contributed by atoms with Crippen LogP contribution in [-0.2, 0) is 27.3 Å². The van der Waals surface area contributed by atoms with E-state index in [1.807, 2.05) is 4.90 Å². The van der Waals surface area contributed by atoms with Crippen LogP contribution in [0.5, 0.6) is 0 Å². The second-order valence-electron chi connectivity index (χ2n) is 8.50. The predicted molar refractivity (Wildman–Crippen MR) is 94.9 cm³/mol. The lowest BCUT2D eigenvalue weighted by atomic mass is 9.52. The molecule has 0 spiro atoms. The van der Waals surface area contributed by atoms with Crippen LogP contribution in [0.25, 0.3) is 0 Å². The number of fused-ring (bicyclic) bond motifs is 1. The van der Waals surface area contributed by atoms with Crippen molar-refractivity contribution in [2.75, 3.05) is 13.2 Å². The highest BCUT2D eigenvalue weighted by Crippen LogP contribution is 2.56. The Bertz CT molecular complexity index is 669.